The maximum atomic E-state index is 13.5. The van der Waals surface area contributed by atoms with Gasteiger partial charge in [-0.15, -0.1) is 0 Å². The molecule has 1 N–H and O–H groups in total. The number of amides is 1. The predicted molar refractivity (Wildman–Crippen MR) is 126 cm³/mol. The lowest BCUT2D eigenvalue weighted by molar-refractivity contribution is -0.145. The number of benzene rings is 1. The van der Waals surface area contributed by atoms with Gasteiger partial charge >= 0.3 is 12.1 Å². The Morgan fingerprint density at radius 2 is 1.77 bits per heavy atom. The van der Waals surface area contributed by atoms with Crippen molar-refractivity contribution in [1.82, 2.24) is 13.5 Å². The molecule has 0 aromatic heterocycles. The number of carbonyl (C=O) groups is 2. The number of hydrogen-bond donors (Lipinski definition) is 1. The first kappa shape index (κ1) is 26.0. The molecule has 194 valence electrons. The Morgan fingerprint density at radius 1 is 1.09 bits per heavy atom. The first-order chi connectivity index (χ1) is 16.7. The summed E-state index contributed by atoms with van der Waals surface area (Å²) in [6.45, 7) is 0.590. The van der Waals surface area contributed by atoms with Crippen LogP contribution in [0.4, 0.5) is 4.79 Å². The van der Waals surface area contributed by atoms with E-state index in [1.165, 1.54) is 16.3 Å². The van der Waals surface area contributed by atoms with E-state index in [-0.39, 0.29) is 39.0 Å². The van der Waals surface area contributed by atoms with Crippen LogP contribution in [0.1, 0.15) is 25.7 Å². The molecule has 2 bridgehead atoms. The Kier molecular flexibility index (Phi) is 8.06. The molecular formula is C22H30ClN3O8S. The number of ether oxygens (including phenoxy) is 3. The molecular weight excluding hydrogens is 502 g/mol. The molecule has 11 nitrogen and oxygen atoms in total. The molecule has 1 aromatic carbocycles. The van der Waals surface area contributed by atoms with Crippen molar-refractivity contribution in [3.05, 3.63) is 29.3 Å². The molecule has 3 aliphatic heterocycles. The molecule has 3 heterocycles. The first-order valence-electron chi connectivity index (χ1n) is 11.6. The van der Waals surface area contributed by atoms with Crippen LogP contribution >= 0.6 is 11.6 Å². The molecule has 3 fully saturated rings. The molecule has 0 unspecified atom stereocenters. The Bertz CT molecular complexity index is 1020. The fraction of sp³-hybridized carbons (Fsp3) is 0.636. The topological polar surface area (TPSA) is 126 Å². The van der Waals surface area contributed by atoms with Gasteiger partial charge in [-0.2, -0.15) is 17.0 Å². The van der Waals surface area contributed by atoms with E-state index in [0.29, 0.717) is 36.5 Å². The lowest BCUT2D eigenvalue weighted by atomic mass is 10.1. The lowest BCUT2D eigenvalue weighted by Crippen LogP contribution is -2.67. The number of hydrogen-bond acceptors (Lipinski definition) is 7. The number of piperazine rings is 1. The van der Waals surface area contributed by atoms with Crippen LogP contribution in [-0.4, -0.2) is 103 Å². The third kappa shape index (κ3) is 5.51. The van der Waals surface area contributed by atoms with Crippen molar-refractivity contribution in [2.24, 2.45) is 0 Å². The number of piperidine rings is 1. The fourth-order valence-electron chi connectivity index (χ4n) is 5.05. The van der Waals surface area contributed by atoms with Crippen molar-refractivity contribution >= 4 is 33.9 Å². The SMILES string of the molecule is COCCOC(=O)N1[C@@H]2CC[C@H]1[C@H](C(=O)O)N(S(=O)(=O)N1CCC(Oc3ccc(Cl)cc3)CC1)C2. The minimum atomic E-state index is -4.06. The molecule has 3 saturated heterocycles. The van der Waals surface area contributed by atoms with Crippen molar-refractivity contribution in [3.63, 3.8) is 0 Å². The molecule has 0 spiro atoms. The Morgan fingerprint density at radius 3 is 2.40 bits per heavy atom. The summed E-state index contributed by atoms with van der Waals surface area (Å²) >= 11 is 5.90. The van der Waals surface area contributed by atoms with Crippen LogP contribution in [0.25, 0.3) is 0 Å². The van der Waals surface area contributed by atoms with Crippen LogP contribution in [-0.2, 0) is 24.5 Å². The average molecular weight is 532 g/mol. The smallest absolute Gasteiger partial charge is 0.410 e. The third-order valence-corrected chi connectivity index (χ3v) is 8.97. The quantitative estimate of drug-likeness (QED) is 0.503. The number of nitrogens with zero attached hydrogens (tertiary/aromatic N) is 3. The van der Waals surface area contributed by atoms with Crippen LogP contribution in [0.5, 0.6) is 5.75 Å². The van der Waals surface area contributed by atoms with E-state index in [2.05, 4.69) is 0 Å². The van der Waals surface area contributed by atoms with Gasteiger partial charge in [0.1, 0.15) is 24.5 Å². The highest BCUT2D eigenvalue weighted by atomic mass is 35.5. The third-order valence-electron chi connectivity index (χ3n) is 6.73. The molecule has 0 saturated carbocycles. The van der Waals surface area contributed by atoms with E-state index in [0.717, 1.165) is 4.31 Å². The Balaban J connectivity index is 1.43. The number of halogens is 1. The van der Waals surface area contributed by atoms with Gasteiger partial charge in [-0.3, -0.25) is 9.69 Å². The highest BCUT2D eigenvalue weighted by Crippen LogP contribution is 2.37. The standard InChI is InChI=1S/C22H30ClN3O8S/c1-32-12-13-33-22(29)26-16-4-7-19(26)20(21(27)28)25(14-16)35(30,31)24-10-8-18(9-11-24)34-17-5-2-15(23)3-6-17/h2-3,5-6,16,18-20H,4,7-14H2,1H3,(H,27,28)/t16-,19+,20-/m1/s1. The summed E-state index contributed by atoms with van der Waals surface area (Å²) in [5, 5.41) is 10.6. The molecule has 13 heteroatoms. The largest absolute Gasteiger partial charge is 0.490 e. The summed E-state index contributed by atoms with van der Waals surface area (Å²) in [6.07, 6.45) is 1.04. The zero-order valence-electron chi connectivity index (χ0n) is 19.4. The van der Waals surface area contributed by atoms with Gasteiger partial charge in [0.05, 0.1) is 12.6 Å². The number of carbonyl (C=O) groups excluding carboxylic acids is 1. The van der Waals surface area contributed by atoms with Crippen LogP contribution in [0, 0.1) is 0 Å². The van der Waals surface area contributed by atoms with Crippen molar-refractivity contribution in [2.45, 2.75) is 49.9 Å². The normalized spacial score (nSPS) is 26.0. The monoisotopic (exact) mass is 531 g/mol. The summed E-state index contributed by atoms with van der Waals surface area (Å²) in [4.78, 5) is 26.3. The number of fused-ring (bicyclic) bond motifs is 2. The van der Waals surface area contributed by atoms with Gasteiger partial charge in [0, 0.05) is 37.8 Å². The minimum Gasteiger partial charge on any atom is -0.490 e. The van der Waals surface area contributed by atoms with E-state index in [9.17, 15) is 23.1 Å². The Hall–Kier alpha value is -2.12. The van der Waals surface area contributed by atoms with Crippen LogP contribution in [0.15, 0.2) is 24.3 Å². The lowest BCUT2D eigenvalue weighted by Gasteiger charge is -2.45. The Labute approximate surface area is 209 Å². The van der Waals surface area contributed by atoms with Gasteiger partial charge in [0.25, 0.3) is 10.2 Å². The molecule has 3 atom stereocenters. The van der Waals surface area contributed by atoms with E-state index < -0.39 is 40.4 Å². The van der Waals surface area contributed by atoms with E-state index >= 15 is 0 Å². The second-order valence-electron chi connectivity index (χ2n) is 8.84. The summed E-state index contributed by atoms with van der Waals surface area (Å²) < 4.78 is 45.5. The van der Waals surface area contributed by atoms with Crippen LogP contribution in [0.2, 0.25) is 5.02 Å². The van der Waals surface area contributed by atoms with E-state index in [1.807, 2.05) is 0 Å². The number of aliphatic carboxylic acids is 1. The van der Waals surface area contributed by atoms with Crippen LogP contribution in [0.3, 0.4) is 0 Å². The summed E-state index contributed by atoms with van der Waals surface area (Å²) in [5.74, 6) is -0.624. The summed E-state index contributed by atoms with van der Waals surface area (Å²) in [5.41, 5.74) is 0. The molecule has 1 aromatic rings. The zero-order chi connectivity index (χ0) is 25.2. The summed E-state index contributed by atoms with van der Waals surface area (Å²) in [6, 6.07) is 4.37. The number of carboxylic acids is 1. The number of carboxylic acid groups (broad SMARTS) is 1. The van der Waals surface area contributed by atoms with Gasteiger partial charge in [-0.05, 0) is 49.9 Å². The number of methoxy groups -OCH3 is 1. The van der Waals surface area contributed by atoms with Crippen molar-refractivity contribution in [3.8, 4) is 5.75 Å². The van der Waals surface area contributed by atoms with Gasteiger partial charge in [0.15, 0.2) is 0 Å². The second-order valence-corrected chi connectivity index (χ2v) is 11.2. The maximum Gasteiger partial charge on any atom is 0.410 e. The molecule has 0 aliphatic carbocycles. The van der Waals surface area contributed by atoms with Gasteiger partial charge in [0.2, 0.25) is 0 Å². The maximum absolute atomic E-state index is 13.5. The number of rotatable bonds is 8. The second kappa shape index (κ2) is 10.9. The van der Waals surface area contributed by atoms with Crippen molar-refractivity contribution in [2.75, 3.05) is 40.0 Å². The van der Waals surface area contributed by atoms with Crippen molar-refractivity contribution in [1.29, 1.82) is 0 Å². The highest BCUT2D eigenvalue weighted by Gasteiger charge is 2.56. The average Bonchev–Trinajstić information content (AvgIpc) is 3.13. The first-order valence-corrected chi connectivity index (χ1v) is 13.4. The van der Waals surface area contributed by atoms with Gasteiger partial charge < -0.3 is 19.3 Å². The van der Waals surface area contributed by atoms with Gasteiger partial charge in [-0.25, -0.2) is 4.79 Å². The zero-order valence-corrected chi connectivity index (χ0v) is 21.0. The molecule has 1 amide bonds. The van der Waals surface area contributed by atoms with E-state index in [4.69, 9.17) is 25.8 Å². The molecule has 3 aliphatic rings. The van der Waals surface area contributed by atoms with Gasteiger partial charge in [-0.1, -0.05) is 11.6 Å². The highest BCUT2D eigenvalue weighted by molar-refractivity contribution is 7.86. The minimum absolute atomic E-state index is 0.0397. The molecule has 0 radical (unpaired) electrons. The molecule has 35 heavy (non-hydrogen) atoms. The molecule has 4 rings (SSSR count). The summed E-state index contributed by atoms with van der Waals surface area (Å²) in [7, 11) is -2.58. The van der Waals surface area contributed by atoms with Crippen LogP contribution < -0.4 is 4.74 Å². The van der Waals surface area contributed by atoms with Crippen molar-refractivity contribution < 1.29 is 37.3 Å². The fourth-order valence-corrected chi connectivity index (χ4v) is 7.02. The predicted octanol–water partition coefficient (Wildman–Crippen LogP) is 1.81. The van der Waals surface area contributed by atoms with E-state index in [1.54, 1.807) is 24.3 Å².